The average molecular weight is 531 g/mol. The topological polar surface area (TPSA) is 107 Å². The summed E-state index contributed by atoms with van der Waals surface area (Å²) in [7, 11) is 3.11. The van der Waals surface area contributed by atoms with Crippen LogP contribution >= 0.6 is 11.3 Å². The third kappa shape index (κ3) is 3.90. The van der Waals surface area contributed by atoms with Crippen molar-refractivity contribution >= 4 is 44.1 Å². The fourth-order valence-electron chi connectivity index (χ4n) is 4.63. The lowest BCUT2D eigenvalue weighted by Crippen LogP contribution is -2.29. The first-order valence-electron chi connectivity index (χ1n) is 11.8. The summed E-state index contributed by atoms with van der Waals surface area (Å²) in [6.07, 6.45) is 0. The maximum atomic E-state index is 13.5. The van der Waals surface area contributed by atoms with Gasteiger partial charge < -0.3 is 24.1 Å². The van der Waals surface area contributed by atoms with Crippen molar-refractivity contribution in [2.24, 2.45) is 0 Å². The Morgan fingerprint density at radius 3 is 2.53 bits per heavy atom. The van der Waals surface area contributed by atoms with Crippen molar-refractivity contribution in [3.05, 3.63) is 77.4 Å². The summed E-state index contributed by atoms with van der Waals surface area (Å²) in [5, 5.41) is 11.8. The Labute approximate surface area is 221 Å². The van der Waals surface area contributed by atoms with Gasteiger partial charge in [-0.05, 0) is 54.1 Å². The summed E-state index contributed by atoms with van der Waals surface area (Å²) >= 11 is 1.26. The third-order valence-electron chi connectivity index (χ3n) is 6.46. The van der Waals surface area contributed by atoms with Gasteiger partial charge in [0.05, 0.1) is 36.1 Å². The lowest BCUT2D eigenvalue weighted by atomic mass is 9.95. The first kappa shape index (κ1) is 23.8. The van der Waals surface area contributed by atoms with Crippen LogP contribution < -0.4 is 23.8 Å². The van der Waals surface area contributed by atoms with Crippen molar-refractivity contribution in [2.75, 3.05) is 32.3 Å². The van der Waals surface area contributed by atoms with Crippen LogP contribution in [0, 0.1) is 0 Å². The highest BCUT2D eigenvalue weighted by molar-refractivity contribution is 7.22. The van der Waals surface area contributed by atoms with Crippen LogP contribution in [0.3, 0.4) is 0 Å². The molecule has 10 heteroatoms. The number of benzene rings is 3. The molecule has 0 saturated carbocycles. The third-order valence-corrected chi connectivity index (χ3v) is 7.48. The normalized spacial score (nSPS) is 18.2. The highest BCUT2D eigenvalue weighted by atomic mass is 32.1. The number of hydrogen-bond acceptors (Lipinski definition) is 9. The molecule has 0 unspecified atom stereocenters. The Balaban J connectivity index is 1.54. The van der Waals surface area contributed by atoms with Crippen molar-refractivity contribution in [3.63, 3.8) is 0 Å². The predicted molar refractivity (Wildman–Crippen MR) is 141 cm³/mol. The molecule has 1 amide bonds. The molecule has 3 heterocycles. The Bertz CT molecular complexity index is 1630. The summed E-state index contributed by atoms with van der Waals surface area (Å²) in [6.45, 7) is 0.793. The van der Waals surface area contributed by atoms with E-state index in [-0.39, 0.29) is 11.3 Å². The van der Waals surface area contributed by atoms with Crippen molar-refractivity contribution in [3.8, 4) is 23.0 Å². The molecule has 1 fully saturated rings. The molecule has 0 spiro atoms. The monoisotopic (exact) mass is 530 g/mol. The van der Waals surface area contributed by atoms with Crippen molar-refractivity contribution in [1.82, 2.24) is 4.98 Å². The van der Waals surface area contributed by atoms with Gasteiger partial charge in [-0.2, -0.15) is 0 Å². The standard InChI is InChI=1S/C28H22N2O7S/c1-34-17-5-3-4-15(12-17)24-23(25(31)16-6-9-20-21(13-16)37-11-10-36-20)26(32)27(33)30(24)28-29-19-8-7-18(35-2)14-22(19)38-28/h3-9,12-14,24,31H,10-11H2,1-2H3/t24-/m0/s1. The second-order valence-corrected chi connectivity index (χ2v) is 9.64. The van der Waals surface area contributed by atoms with Crippen LogP contribution in [0.1, 0.15) is 17.2 Å². The molecule has 1 saturated heterocycles. The van der Waals surface area contributed by atoms with Crippen LogP contribution in [0.4, 0.5) is 5.13 Å². The number of anilines is 1. The van der Waals surface area contributed by atoms with E-state index in [2.05, 4.69) is 4.98 Å². The summed E-state index contributed by atoms with van der Waals surface area (Å²) in [5.74, 6) is 0.262. The second kappa shape index (κ2) is 9.38. The number of nitrogens with zero attached hydrogens (tertiary/aromatic N) is 2. The number of fused-ring (bicyclic) bond motifs is 2. The zero-order chi connectivity index (χ0) is 26.4. The minimum Gasteiger partial charge on any atom is -0.507 e. The highest BCUT2D eigenvalue weighted by Gasteiger charge is 2.48. The van der Waals surface area contributed by atoms with Crippen LogP contribution in [0.5, 0.6) is 23.0 Å². The Hall–Kier alpha value is -4.57. The van der Waals surface area contributed by atoms with Crippen molar-refractivity contribution in [2.45, 2.75) is 6.04 Å². The van der Waals surface area contributed by atoms with E-state index < -0.39 is 17.7 Å². The highest BCUT2D eigenvalue weighted by Crippen LogP contribution is 2.45. The van der Waals surface area contributed by atoms with Crippen LogP contribution in [0.25, 0.3) is 16.0 Å². The van der Waals surface area contributed by atoms with Gasteiger partial charge in [0, 0.05) is 5.56 Å². The fourth-order valence-corrected chi connectivity index (χ4v) is 5.65. The molecule has 6 rings (SSSR count). The van der Waals surface area contributed by atoms with Gasteiger partial charge in [-0.25, -0.2) is 4.98 Å². The smallest absolute Gasteiger partial charge is 0.301 e. The first-order valence-corrected chi connectivity index (χ1v) is 12.6. The van der Waals surface area contributed by atoms with Gasteiger partial charge in [-0.15, -0.1) is 0 Å². The van der Waals surface area contributed by atoms with Crippen LogP contribution in [-0.2, 0) is 9.59 Å². The molecular formula is C28H22N2O7S. The zero-order valence-corrected chi connectivity index (χ0v) is 21.3. The number of rotatable bonds is 5. The molecule has 1 aromatic heterocycles. The number of aromatic nitrogens is 1. The molecule has 0 radical (unpaired) electrons. The number of aliphatic hydroxyl groups is 1. The molecule has 4 aromatic rings. The van der Waals surface area contributed by atoms with Crippen molar-refractivity contribution in [1.29, 1.82) is 0 Å². The lowest BCUT2D eigenvalue weighted by Gasteiger charge is -2.23. The number of aliphatic hydroxyl groups excluding tert-OH is 1. The van der Waals surface area contributed by atoms with Gasteiger partial charge in [0.15, 0.2) is 16.6 Å². The summed E-state index contributed by atoms with van der Waals surface area (Å²) in [5.41, 5.74) is 1.51. The lowest BCUT2D eigenvalue weighted by molar-refractivity contribution is -0.132. The Morgan fingerprint density at radius 2 is 1.74 bits per heavy atom. The van der Waals surface area contributed by atoms with E-state index in [1.807, 2.05) is 6.07 Å². The van der Waals surface area contributed by atoms with Gasteiger partial charge >= 0.3 is 5.91 Å². The SMILES string of the molecule is COc1cccc([C@H]2C(=C(O)c3ccc4c(c3)OCCO4)C(=O)C(=O)N2c2nc3ccc(OC)cc3s2)c1. The largest absolute Gasteiger partial charge is 0.507 e. The fraction of sp³-hybridized carbons (Fsp3) is 0.179. The Kier molecular flexibility index (Phi) is 5.88. The molecule has 0 bridgehead atoms. The van der Waals surface area contributed by atoms with Gasteiger partial charge in [0.2, 0.25) is 0 Å². The van der Waals surface area contributed by atoms with Crippen LogP contribution in [-0.4, -0.2) is 49.2 Å². The van der Waals surface area contributed by atoms with Crippen LogP contribution in [0.2, 0.25) is 0 Å². The number of ether oxygens (including phenoxy) is 4. The maximum absolute atomic E-state index is 13.5. The molecule has 2 aliphatic heterocycles. The molecule has 192 valence electrons. The Morgan fingerprint density at radius 1 is 0.974 bits per heavy atom. The summed E-state index contributed by atoms with van der Waals surface area (Å²) in [6, 6.07) is 16.4. The van der Waals surface area contributed by atoms with E-state index in [9.17, 15) is 14.7 Å². The molecule has 9 nitrogen and oxygen atoms in total. The number of thiazole rings is 1. The minimum absolute atomic E-state index is 0.0585. The average Bonchev–Trinajstić information content (AvgIpc) is 3.49. The van der Waals surface area contributed by atoms with E-state index in [0.717, 1.165) is 4.70 Å². The van der Waals surface area contributed by atoms with Gasteiger partial charge in [-0.3, -0.25) is 14.5 Å². The van der Waals surface area contributed by atoms with E-state index >= 15 is 0 Å². The van der Waals surface area contributed by atoms with Gasteiger partial charge in [0.1, 0.15) is 30.5 Å². The quantitative estimate of drug-likeness (QED) is 0.225. The maximum Gasteiger partial charge on any atom is 0.301 e. The molecule has 3 aromatic carbocycles. The molecule has 38 heavy (non-hydrogen) atoms. The van der Waals surface area contributed by atoms with E-state index in [1.165, 1.54) is 23.3 Å². The van der Waals surface area contributed by atoms with E-state index in [4.69, 9.17) is 18.9 Å². The summed E-state index contributed by atoms with van der Waals surface area (Å²) in [4.78, 5) is 33.0. The van der Waals surface area contributed by atoms with Gasteiger partial charge in [0.25, 0.3) is 5.78 Å². The number of carbonyl (C=O) groups is 2. The molecule has 2 aliphatic rings. The van der Waals surface area contributed by atoms with E-state index in [0.29, 0.717) is 58.0 Å². The van der Waals surface area contributed by atoms with Crippen LogP contribution in [0.15, 0.2) is 66.2 Å². The number of Topliss-reactive ketones (excluding diaryl/α,β-unsaturated/α-hetero) is 1. The number of carbonyl (C=O) groups excluding carboxylic acids is 2. The number of amides is 1. The first-order chi connectivity index (χ1) is 18.5. The van der Waals surface area contributed by atoms with Gasteiger partial charge in [-0.1, -0.05) is 23.5 Å². The molecular weight excluding hydrogens is 508 g/mol. The second-order valence-electron chi connectivity index (χ2n) is 8.63. The number of methoxy groups -OCH3 is 2. The van der Waals surface area contributed by atoms with Crippen molar-refractivity contribution < 1.29 is 33.6 Å². The zero-order valence-electron chi connectivity index (χ0n) is 20.5. The molecule has 0 aliphatic carbocycles. The molecule has 1 atom stereocenters. The van der Waals surface area contributed by atoms with E-state index in [1.54, 1.807) is 61.7 Å². The minimum atomic E-state index is -0.944. The predicted octanol–water partition coefficient (Wildman–Crippen LogP) is 4.71. The number of hydrogen-bond donors (Lipinski definition) is 1. The molecule has 1 N–H and O–H groups in total. The number of ketones is 1. The summed E-state index contributed by atoms with van der Waals surface area (Å²) < 4.78 is 22.7.